The van der Waals surface area contributed by atoms with Gasteiger partial charge in [-0.1, -0.05) is 6.07 Å². The Hall–Kier alpha value is -3.55. The molecule has 1 N–H and O–H groups in total. The number of carbonyl (C=O) groups excluding carboxylic acids is 1. The minimum atomic E-state index is -0.465. The standard InChI is InChI=1S/C17H15N5O3/c1-21-15-13(16(24)22(2)17(21)25)8-12(10-19-15)20-14(23)6-5-11-4-3-7-18-9-11/h3-10H,1-2H3,(H,20,23)/b6-5+. The lowest BCUT2D eigenvalue weighted by atomic mass is 10.2. The van der Waals surface area contributed by atoms with Crippen molar-refractivity contribution in [3.8, 4) is 0 Å². The van der Waals surface area contributed by atoms with Crippen molar-refractivity contribution in [2.24, 2.45) is 14.1 Å². The lowest BCUT2D eigenvalue weighted by Crippen LogP contribution is -2.37. The van der Waals surface area contributed by atoms with Gasteiger partial charge in [-0.05, 0) is 23.8 Å². The van der Waals surface area contributed by atoms with E-state index in [0.717, 1.165) is 10.1 Å². The fourth-order valence-corrected chi connectivity index (χ4v) is 2.36. The maximum absolute atomic E-state index is 12.2. The average molecular weight is 337 g/mol. The number of nitrogens with zero attached hydrogens (tertiary/aromatic N) is 4. The van der Waals surface area contributed by atoms with Gasteiger partial charge < -0.3 is 5.32 Å². The molecule has 3 heterocycles. The first-order valence-corrected chi connectivity index (χ1v) is 7.42. The van der Waals surface area contributed by atoms with E-state index in [1.165, 1.54) is 37.0 Å². The molecule has 8 nitrogen and oxygen atoms in total. The number of hydrogen-bond acceptors (Lipinski definition) is 5. The van der Waals surface area contributed by atoms with Crippen molar-refractivity contribution in [3.05, 3.63) is 69.3 Å². The number of amides is 1. The van der Waals surface area contributed by atoms with Crippen molar-refractivity contribution in [1.29, 1.82) is 0 Å². The molecule has 8 heteroatoms. The van der Waals surface area contributed by atoms with Gasteiger partial charge in [0.1, 0.15) is 5.65 Å². The van der Waals surface area contributed by atoms with Gasteiger partial charge in [0.05, 0.1) is 17.3 Å². The molecule has 0 aliphatic rings. The van der Waals surface area contributed by atoms with E-state index in [1.54, 1.807) is 24.5 Å². The van der Waals surface area contributed by atoms with Gasteiger partial charge in [-0.3, -0.25) is 23.7 Å². The van der Waals surface area contributed by atoms with Gasteiger partial charge in [0.25, 0.3) is 5.56 Å². The molecular weight excluding hydrogens is 322 g/mol. The molecule has 0 unspecified atom stereocenters. The molecule has 0 radical (unpaired) electrons. The minimum absolute atomic E-state index is 0.249. The zero-order valence-corrected chi connectivity index (χ0v) is 13.6. The second-order valence-corrected chi connectivity index (χ2v) is 5.41. The molecule has 3 aromatic rings. The number of carbonyl (C=O) groups is 1. The normalized spacial score (nSPS) is 11.1. The first-order chi connectivity index (χ1) is 12.0. The molecule has 0 aliphatic heterocycles. The fraction of sp³-hybridized carbons (Fsp3) is 0.118. The Bertz CT molecular complexity index is 1100. The molecule has 0 bridgehead atoms. The highest BCUT2D eigenvalue weighted by molar-refractivity contribution is 6.02. The lowest BCUT2D eigenvalue weighted by molar-refractivity contribution is -0.111. The van der Waals surface area contributed by atoms with E-state index in [0.29, 0.717) is 5.69 Å². The number of aryl methyl sites for hydroxylation is 1. The van der Waals surface area contributed by atoms with Crippen LogP contribution in [0.25, 0.3) is 17.1 Å². The third kappa shape index (κ3) is 3.23. The Labute approximate surface area is 142 Å². The lowest BCUT2D eigenvalue weighted by Gasteiger charge is -2.08. The van der Waals surface area contributed by atoms with E-state index in [4.69, 9.17) is 0 Å². The molecule has 0 fully saturated rings. The van der Waals surface area contributed by atoms with Crippen LogP contribution >= 0.6 is 0 Å². The Balaban J connectivity index is 1.90. The van der Waals surface area contributed by atoms with Crippen LogP contribution in [0, 0.1) is 0 Å². The summed E-state index contributed by atoms with van der Waals surface area (Å²) in [5.41, 5.74) is 0.494. The molecule has 3 rings (SSSR count). The molecular formula is C17H15N5O3. The summed E-state index contributed by atoms with van der Waals surface area (Å²) in [4.78, 5) is 44.2. The van der Waals surface area contributed by atoms with E-state index in [9.17, 15) is 14.4 Å². The fourth-order valence-electron chi connectivity index (χ4n) is 2.36. The summed E-state index contributed by atoms with van der Waals surface area (Å²) in [6.45, 7) is 0. The smallest absolute Gasteiger partial charge is 0.321 e. The number of anilines is 1. The number of pyridine rings is 2. The Morgan fingerprint density at radius 1 is 1.20 bits per heavy atom. The zero-order chi connectivity index (χ0) is 18.0. The molecule has 0 saturated heterocycles. The van der Waals surface area contributed by atoms with Crippen LogP contribution in [0.1, 0.15) is 5.56 Å². The first kappa shape index (κ1) is 16.3. The highest BCUT2D eigenvalue weighted by atomic mass is 16.2. The molecule has 126 valence electrons. The maximum Gasteiger partial charge on any atom is 0.332 e. The maximum atomic E-state index is 12.2. The Morgan fingerprint density at radius 2 is 2.00 bits per heavy atom. The summed E-state index contributed by atoms with van der Waals surface area (Å²) in [5.74, 6) is -0.369. The molecule has 25 heavy (non-hydrogen) atoms. The highest BCUT2D eigenvalue weighted by Crippen LogP contribution is 2.12. The number of aromatic nitrogens is 4. The van der Waals surface area contributed by atoms with Crippen molar-refractivity contribution in [3.63, 3.8) is 0 Å². The summed E-state index contributed by atoms with van der Waals surface area (Å²) in [7, 11) is 2.93. The molecule has 0 aromatic carbocycles. The van der Waals surface area contributed by atoms with E-state index in [1.807, 2.05) is 6.07 Å². The summed E-state index contributed by atoms with van der Waals surface area (Å²) < 4.78 is 2.28. The highest BCUT2D eigenvalue weighted by Gasteiger charge is 2.10. The number of hydrogen-bond donors (Lipinski definition) is 1. The predicted molar refractivity (Wildman–Crippen MR) is 94.1 cm³/mol. The molecule has 0 saturated carbocycles. The van der Waals surface area contributed by atoms with Crippen molar-refractivity contribution >= 4 is 28.7 Å². The Kier molecular flexibility index (Phi) is 4.25. The molecule has 0 aliphatic carbocycles. The summed E-state index contributed by atoms with van der Waals surface area (Å²) in [6.07, 6.45) is 7.66. The van der Waals surface area contributed by atoms with Crippen molar-refractivity contribution in [2.45, 2.75) is 0 Å². The van der Waals surface area contributed by atoms with E-state index in [-0.39, 0.29) is 16.9 Å². The summed E-state index contributed by atoms with van der Waals surface area (Å²) in [5, 5.41) is 2.89. The van der Waals surface area contributed by atoms with Crippen LogP contribution in [0.3, 0.4) is 0 Å². The Morgan fingerprint density at radius 3 is 2.72 bits per heavy atom. The van der Waals surface area contributed by atoms with Crippen molar-refractivity contribution in [1.82, 2.24) is 19.1 Å². The molecule has 1 amide bonds. The number of nitrogens with one attached hydrogen (secondary N) is 1. The number of rotatable bonds is 3. The SMILES string of the molecule is Cn1c(=O)c2cc(NC(=O)/C=C/c3cccnc3)cnc2n(C)c1=O. The molecule has 0 atom stereocenters. The topological polar surface area (TPSA) is 98.9 Å². The summed E-state index contributed by atoms with van der Waals surface area (Å²) in [6, 6.07) is 5.09. The van der Waals surface area contributed by atoms with Crippen molar-refractivity contribution in [2.75, 3.05) is 5.32 Å². The third-order valence-electron chi connectivity index (χ3n) is 3.67. The van der Waals surface area contributed by atoms with Crippen LogP contribution in [0.15, 0.2) is 52.5 Å². The van der Waals surface area contributed by atoms with Crippen LogP contribution in [0.4, 0.5) is 5.69 Å². The molecule has 3 aromatic heterocycles. The van der Waals surface area contributed by atoms with Crippen LogP contribution < -0.4 is 16.6 Å². The number of fused-ring (bicyclic) bond motifs is 1. The average Bonchev–Trinajstić information content (AvgIpc) is 2.64. The van der Waals surface area contributed by atoms with Gasteiger partial charge in [0.15, 0.2) is 0 Å². The minimum Gasteiger partial charge on any atom is -0.321 e. The predicted octanol–water partition coefficient (Wildman–Crippen LogP) is 0.679. The van der Waals surface area contributed by atoms with Crippen molar-refractivity contribution < 1.29 is 4.79 Å². The van der Waals surface area contributed by atoms with Gasteiger partial charge >= 0.3 is 5.69 Å². The van der Waals surface area contributed by atoms with Crippen LogP contribution in [-0.4, -0.2) is 25.0 Å². The van der Waals surface area contributed by atoms with E-state index < -0.39 is 11.2 Å². The third-order valence-corrected chi connectivity index (χ3v) is 3.67. The van der Waals surface area contributed by atoms with Gasteiger partial charge in [0.2, 0.25) is 5.91 Å². The largest absolute Gasteiger partial charge is 0.332 e. The quantitative estimate of drug-likeness (QED) is 0.709. The van der Waals surface area contributed by atoms with Crippen LogP contribution in [-0.2, 0) is 18.9 Å². The zero-order valence-electron chi connectivity index (χ0n) is 13.6. The monoisotopic (exact) mass is 337 g/mol. The van der Waals surface area contributed by atoms with Gasteiger partial charge in [-0.25, -0.2) is 9.78 Å². The first-order valence-electron chi connectivity index (χ1n) is 7.42. The van der Waals surface area contributed by atoms with Gasteiger partial charge in [-0.15, -0.1) is 0 Å². The van der Waals surface area contributed by atoms with Gasteiger partial charge in [0, 0.05) is 32.6 Å². The summed E-state index contributed by atoms with van der Waals surface area (Å²) >= 11 is 0. The van der Waals surface area contributed by atoms with Crippen LogP contribution in [0.5, 0.6) is 0 Å². The van der Waals surface area contributed by atoms with Crippen LogP contribution in [0.2, 0.25) is 0 Å². The van der Waals surface area contributed by atoms with E-state index in [2.05, 4.69) is 15.3 Å². The second-order valence-electron chi connectivity index (χ2n) is 5.41. The van der Waals surface area contributed by atoms with E-state index >= 15 is 0 Å². The van der Waals surface area contributed by atoms with Gasteiger partial charge in [-0.2, -0.15) is 0 Å². The molecule has 0 spiro atoms. The second kappa shape index (κ2) is 6.52.